The molecule has 5 heteroatoms. The number of hydrogen-bond acceptors (Lipinski definition) is 4. The molecule has 0 aliphatic carbocycles. The highest BCUT2D eigenvalue weighted by molar-refractivity contribution is 5.27. The Hall–Kier alpha value is -2.37. The van der Waals surface area contributed by atoms with Crippen molar-refractivity contribution in [3.05, 3.63) is 77.0 Å². The Morgan fingerprint density at radius 2 is 1.96 bits per heavy atom. The van der Waals surface area contributed by atoms with Crippen molar-refractivity contribution in [3.8, 4) is 0 Å². The predicted octanol–water partition coefficient (Wildman–Crippen LogP) is 3.14. The number of aryl methyl sites for hydroxylation is 2. The van der Waals surface area contributed by atoms with Crippen molar-refractivity contribution in [1.82, 2.24) is 15.1 Å². The van der Waals surface area contributed by atoms with Gasteiger partial charge in [0, 0.05) is 30.4 Å². The van der Waals surface area contributed by atoms with E-state index in [1.54, 1.807) is 6.92 Å². The van der Waals surface area contributed by atoms with Gasteiger partial charge in [-0.25, -0.2) is 0 Å². The zero-order valence-corrected chi connectivity index (χ0v) is 15.0. The molecule has 0 aliphatic rings. The Balaban J connectivity index is 1.55. The van der Waals surface area contributed by atoms with E-state index in [-0.39, 0.29) is 0 Å². The predicted molar refractivity (Wildman–Crippen MR) is 97.2 cm³/mol. The summed E-state index contributed by atoms with van der Waals surface area (Å²) in [5.74, 6) is 1.58. The van der Waals surface area contributed by atoms with Crippen molar-refractivity contribution in [2.45, 2.75) is 39.5 Å². The van der Waals surface area contributed by atoms with Gasteiger partial charge in [-0.2, -0.15) is 5.10 Å². The number of nitrogens with zero attached hydrogens (tertiary/aromatic N) is 2. The molecule has 0 bridgehead atoms. The molecule has 0 amide bonds. The van der Waals surface area contributed by atoms with Crippen LogP contribution in [0.2, 0.25) is 0 Å². The minimum Gasteiger partial charge on any atom is -0.466 e. The van der Waals surface area contributed by atoms with Crippen molar-refractivity contribution >= 4 is 0 Å². The number of benzene rings is 1. The second-order valence-corrected chi connectivity index (χ2v) is 6.74. The van der Waals surface area contributed by atoms with Crippen molar-refractivity contribution in [2.75, 3.05) is 6.54 Å². The topological polar surface area (TPSA) is 63.2 Å². The molecule has 1 unspecified atom stereocenters. The first kappa shape index (κ1) is 17.5. The highest BCUT2D eigenvalue weighted by Crippen LogP contribution is 2.26. The molecular formula is C20H25N3O2. The maximum Gasteiger partial charge on any atom is 0.107 e. The summed E-state index contributed by atoms with van der Waals surface area (Å²) in [4.78, 5) is 0. The molecule has 2 heterocycles. The number of furan rings is 1. The second-order valence-electron chi connectivity index (χ2n) is 6.74. The summed E-state index contributed by atoms with van der Waals surface area (Å²) in [5, 5.41) is 18.4. The Morgan fingerprint density at radius 3 is 2.64 bits per heavy atom. The third-order valence-corrected chi connectivity index (χ3v) is 4.29. The first-order valence-electron chi connectivity index (χ1n) is 8.50. The van der Waals surface area contributed by atoms with Crippen LogP contribution in [0.25, 0.3) is 0 Å². The molecule has 132 valence electrons. The minimum atomic E-state index is -0.970. The van der Waals surface area contributed by atoms with Gasteiger partial charge in [0.05, 0.1) is 12.7 Å². The number of nitrogens with one attached hydrogen (secondary N) is 1. The van der Waals surface area contributed by atoms with Crippen LogP contribution < -0.4 is 5.32 Å². The first-order valence-corrected chi connectivity index (χ1v) is 8.50. The van der Waals surface area contributed by atoms with E-state index < -0.39 is 5.60 Å². The van der Waals surface area contributed by atoms with Crippen LogP contribution in [0.4, 0.5) is 0 Å². The molecule has 0 aliphatic heterocycles. The minimum absolute atomic E-state index is 0.441. The smallest absolute Gasteiger partial charge is 0.107 e. The van der Waals surface area contributed by atoms with Gasteiger partial charge < -0.3 is 14.8 Å². The average molecular weight is 339 g/mol. The van der Waals surface area contributed by atoms with Crippen LogP contribution in [0.1, 0.15) is 35.1 Å². The molecule has 5 nitrogen and oxygen atoms in total. The van der Waals surface area contributed by atoms with Crippen molar-refractivity contribution in [2.24, 2.45) is 0 Å². The summed E-state index contributed by atoms with van der Waals surface area (Å²) in [6.07, 6.45) is 3.89. The van der Waals surface area contributed by atoms with Gasteiger partial charge in [0.2, 0.25) is 0 Å². The van der Waals surface area contributed by atoms with Crippen LogP contribution in [-0.4, -0.2) is 21.4 Å². The molecule has 0 saturated heterocycles. The summed E-state index contributed by atoms with van der Waals surface area (Å²) in [7, 11) is 0. The Labute approximate surface area is 148 Å². The lowest BCUT2D eigenvalue weighted by molar-refractivity contribution is 0.0552. The number of rotatable bonds is 7. The largest absolute Gasteiger partial charge is 0.466 e. The second kappa shape index (κ2) is 7.25. The normalized spacial score (nSPS) is 13.8. The van der Waals surface area contributed by atoms with Gasteiger partial charge in [0.15, 0.2) is 0 Å². The molecule has 0 spiro atoms. The third kappa shape index (κ3) is 4.38. The van der Waals surface area contributed by atoms with Crippen LogP contribution in [0.3, 0.4) is 0 Å². The number of aromatic nitrogens is 2. The van der Waals surface area contributed by atoms with Gasteiger partial charge in [-0.1, -0.05) is 30.3 Å². The first-order chi connectivity index (χ1) is 11.9. The Morgan fingerprint density at radius 1 is 1.20 bits per heavy atom. The van der Waals surface area contributed by atoms with E-state index in [1.165, 1.54) is 5.56 Å². The SMILES string of the molecule is Cc1cc(C(C)(O)CNCc2cnn(Cc3ccccc3)c2)c(C)o1. The molecule has 3 aromatic rings. The number of aliphatic hydroxyl groups is 1. The average Bonchev–Trinajstić information content (AvgIpc) is 3.14. The number of hydrogen-bond donors (Lipinski definition) is 2. The third-order valence-electron chi connectivity index (χ3n) is 4.29. The van der Waals surface area contributed by atoms with Crippen LogP contribution in [0, 0.1) is 13.8 Å². The molecule has 3 rings (SSSR count). The van der Waals surface area contributed by atoms with Gasteiger partial charge in [-0.05, 0) is 32.4 Å². The lowest BCUT2D eigenvalue weighted by Crippen LogP contribution is -2.35. The van der Waals surface area contributed by atoms with Gasteiger partial charge >= 0.3 is 0 Å². The zero-order valence-electron chi connectivity index (χ0n) is 15.0. The molecule has 0 fully saturated rings. The molecule has 25 heavy (non-hydrogen) atoms. The molecule has 2 N–H and O–H groups in total. The molecule has 0 saturated carbocycles. The highest BCUT2D eigenvalue weighted by atomic mass is 16.3. The maximum atomic E-state index is 10.7. The lowest BCUT2D eigenvalue weighted by atomic mass is 9.96. The van der Waals surface area contributed by atoms with E-state index >= 15 is 0 Å². The molecule has 1 atom stereocenters. The van der Waals surface area contributed by atoms with Crippen LogP contribution in [0.15, 0.2) is 53.2 Å². The fraction of sp³-hybridized carbons (Fsp3) is 0.350. The van der Waals surface area contributed by atoms with Crippen molar-refractivity contribution in [1.29, 1.82) is 0 Å². The van der Waals surface area contributed by atoms with Gasteiger partial charge in [-0.15, -0.1) is 0 Å². The van der Waals surface area contributed by atoms with Gasteiger partial charge in [0.1, 0.15) is 17.1 Å². The zero-order chi connectivity index (χ0) is 17.9. The molecular weight excluding hydrogens is 314 g/mol. The summed E-state index contributed by atoms with van der Waals surface area (Å²) >= 11 is 0. The monoisotopic (exact) mass is 339 g/mol. The van der Waals surface area contributed by atoms with E-state index in [2.05, 4.69) is 22.5 Å². The standard InChI is InChI=1S/C20H25N3O2/c1-15-9-19(16(2)25-15)20(3,24)14-21-10-18-11-22-23(13-18)12-17-7-5-4-6-8-17/h4-9,11,13,21,24H,10,12,14H2,1-3H3. The van der Waals surface area contributed by atoms with E-state index in [1.807, 2.05) is 55.2 Å². The highest BCUT2D eigenvalue weighted by Gasteiger charge is 2.27. The quantitative estimate of drug-likeness (QED) is 0.694. The molecule has 0 radical (unpaired) electrons. The van der Waals surface area contributed by atoms with E-state index in [0.29, 0.717) is 13.1 Å². The van der Waals surface area contributed by atoms with E-state index in [0.717, 1.165) is 29.2 Å². The van der Waals surface area contributed by atoms with Crippen LogP contribution in [0.5, 0.6) is 0 Å². The van der Waals surface area contributed by atoms with Crippen LogP contribution >= 0.6 is 0 Å². The van der Waals surface area contributed by atoms with Crippen molar-refractivity contribution in [3.63, 3.8) is 0 Å². The van der Waals surface area contributed by atoms with Crippen LogP contribution in [-0.2, 0) is 18.7 Å². The molecule has 1 aromatic carbocycles. The van der Waals surface area contributed by atoms with E-state index in [4.69, 9.17) is 4.42 Å². The van der Waals surface area contributed by atoms with Crippen molar-refractivity contribution < 1.29 is 9.52 Å². The Kier molecular flexibility index (Phi) is 5.06. The fourth-order valence-corrected chi connectivity index (χ4v) is 3.07. The summed E-state index contributed by atoms with van der Waals surface area (Å²) in [6.45, 7) is 7.42. The van der Waals surface area contributed by atoms with E-state index in [9.17, 15) is 5.11 Å². The van der Waals surface area contributed by atoms with Gasteiger partial charge in [0.25, 0.3) is 0 Å². The van der Waals surface area contributed by atoms with Gasteiger partial charge in [-0.3, -0.25) is 4.68 Å². The summed E-state index contributed by atoms with van der Waals surface area (Å²) in [5.41, 5.74) is 2.17. The lowest BCUT2D eigenvalue weighted by Gasteiger charge is -2.23. The maximum absolute atomic E-state index is 10.7. The summed E-state index contributed by atoms with van der Waals surface area (Å²) < 4.78 is 7.45. The Bertz CT molecular complexity index is 819. The summed E-state index contributed by atoms with van der Waals surface area (Å²) in [6, 6.07) is 12.1. The fourth-order valence-electron chi connectivity index (χ4n) is 3.07. The molecule has 2 aromatic heterocycles.